The van der Waals surface area contributed by atoms with Gasteiger partial charge in [0.1, 0.15) is 11.5 Å². The molecular weight excluding hydrogens is 704 g/mol. The number of carboxylic acids is 1. The number of nitrogens with one attached hydrogen (secondary N) is 4. The zero-order valence-electron chi connectivity index (χ0n) is 28.2. The minimum absolute atomic E-state index is 0.0786. The highest BCUT2D eigenvalue weighted by molar-refractivity contribution is 6.33. The predicted molar refractivity (Wildman–Crippen MR) is 196 cm³/mol. The van der Waals surface area contributed by atoms with E-state index in [1.165, 1.54) is 42.5 Å². The smallest absolute Gasteiger partial charge is 0.345 e. The summed E-state index contributed by atoms with van der Waals surface area (Å²) in [7, 11) is 0. The highest BCUT2D eigenvalue weighted by atomic mass is 35.5. The van der Waals surface area contributed by atoms with Crippen molar-refractivity contribution in [3.05, 3.63) is 140 Å². The van der Waals surface area contributed by atoms with Crippen molar-refractivity contribution in [2.24, 2.45) is 0 Å². The number of aliphatic hydroxyl groups is 2. The van der Waals surface area contributed by atoms with Gasteiger partial charge in [0.15, 0.2) is 6.61 Å². The molecule has 0 saturated heterocycles. The summed E-state index contributed by atoms with van der Waals surface area (Å²) in [6.07, 6.45) is 0.0763. The van der Waals surface area contributed by atoms with E-state index in [9.17, 15) is 39.6 Å². The number of hydrogen-bond acceptors (Lipinski definition) is 9. The first-order chi connectivity index (χ1) is 25.4. The lowest BCUT2D eigenvalue weighted by Gasteiger charge is -2.36. The summed E-state index contributed by atoms with van der Waals surface area (Å²) < 4.78 is 5.60. The van der Waals surface area contributed by atoms with Gasteiger partial charge in [-0.2, -0.15) is 0 Å². The Bertz CT molecular complexity index is 2210. The summed E-state index contributed by atoms with van der Waals surface area (Å²) in [6, 6.07) is 24.5. The standard InChI is InChI=1S/C39H37ClN4O9/c40-31-15-22(19-41-20-33(46)28-11-13-32(45)36-29(28)12-14-34(47)44-36)9-10-30(31)37(49)43-26-17-25(18-26)42-35(48)21-53-27-8-4-7-24(16-27)39(52,38(50)51)23-5-2-1-3-6-23/h1-16,25-26,33,41,45-46,52H,17-21H2,(H,42,48)(H,43,49)(H,44,47)(H,50,51)/t25?,26?,33-,39-/m0/s1. The first kappa shape index (κ1) is 37.0. The second-order valence-corrected chi connectivity index (χ2v) is 13.3. The number of amides is 2. The van der Waals surface area contributed by atoms with E-state index in [4.69, 9.17) is 16.3 Å². The van der Waals surface area contributed by atoms with Gasteiger partial charge in [0.25, 0.3) is 11.8 Å². The van der Waals surface area contributed by atoms with Crippen LogP contribution in [0.1, 0.15) is 51.6 Å². The molecule has 1 heterocycles. The fourth-order valence-electron chi connectivity index (χ4n) is 6.30. The Balaban J connectivity index is 0.938. The van der Waals surface area contributed by atoms with Crippen LogP contribution in [-0.2, 0) is 21.7 Å². The van der Waals surface area contributed by atoms with E-state index in [-0.39, 0.29) is 69.9 Å². The third kappa shape index (κ3) is 8.34. The van der Waals surface area contributed by atoms with Crippen molar-refractivity contribution in [1.82, 2.24) is 20.9 Å². The molecule has 0 bridgehead atoms. The van der Waals surface area contributed by atoms with Gasteiger partial charge in [-0.1, -0.05) is 66.2 Å². The third-order valence-electron chi connectivity index (χ3n) is 9.17. The zero-order valence-corrected chi connectivity index (χ0v) is 29.0. The van der Waals surface area contributed by atoms with Crippen molar-refractivity contribution in [3.8, 4) is 11.5 Å². The molecule has 8 N–H and O–H groups in total. The summed E-state index contributed by atoms with van der Waals surface area (Å²) in [5, 5.41) is 51.6. The molecule has 0 spiro atoms. The lowest BCUT2D eigenvalue weighted by atomic mass is 9.86. The first-order valence-electron chi connectivity index (χ1n) is 16.8. The number of H-pyrrole nitrogens is 1. The molecule has 2 amide bonds. The Hall–Kier alpha value is -5.73. The van der Waals surface area contributed by atoms with Gasteiger partial charge in [0.2, 0.25) is 11.2 Å². The molecule has 1 aliphatic rings. The molecule has 0 aliphatic heterocycles. The molecular formula is C39H37ClN4O9. The van der Waals surface area contributed by atoms with Crippen LogP contribution in [0.3, 0.4) is 0 Å². The maximum atomic E-state index is 13.0. The number of carbonyl (C=O) groups excluding carboxylic acids is 2. The van der Waals surface area contributed by atoms with Crippen molar-refractivity contribution in [1.29, 1.82) is 0 Å². The number of phenolic OH excluding ortho intramolecular Hbond substituents is 1. The van der Waals surface area contributed by atoms with Gasteiger partial charge in [0.05, 0.1) is 22.2 Å². The van der Waals surface area contributed by atoms with Gasteiger partial charge >= 0.3 is 5.97 Å². The SMILES string of the molecule is O=C(COc1cccc([C@](O)(C(=O)O)c2ccccc2)c1)NC1CC(NC(=O)c2ccc(CNC[C@H](O)c3ccc(O)c4[nH]c(=O)ccc34)cc2Cl)C1. The molecule has 0 unspecified atom stereocenters. The molecule has 14 heteroatoms. The number of ether oxygens (including phenoxy) is 1. The number of pyridine rings is 1. The molecule has 1 fully saturated rings. The maximum absolute atomic E-state index is 13.0. The Morgan fingerprint density at radius 2 is 1.64 bits per heavy atom. The Labute approximate surface area is 308 Å². The number of aromatic nitrogens is 1. The molecule has 6 rings (SSSR count). The molecule has 5 aromatic rings. The van der Waals surface area contributed by atoms with Crippen LogP contribution in [0.2, 0.25) is 5.02 Å². The second-order valence-electron chi connectivity index (χ2n) is 12.9. The van der Waals surface area contributed by atoms with E-state index in [1.54, 1.807) is 54.6 Å². The molecule has 274 valence electrons. The Morgan fingerprint density at radius 3 is 2.38 bits per heavy atom. The highest BCUT2D eigenvalue weighted by Gasteiger charge is 2.40. The van der Waals surface area contributed by atoms with Crippen LogP contribution in [0.25, 0.3) is 10.9 Å². The minimum Gasteiger partial charge on any atom is -0.506 e. The lowest BCUT2D eigenvalue weighted by molar-refractivity contribution is -0.155. The van der Waals surface area contributed by atoms with Crippen LogP contribution in [0.4, 0.5) is 0 Å². The highest BCUT2D eigenvalue weighted by Crippen LogP contribution is 2.32. The quantitative estimate of drug-likeness (QED) is 0.0831. The van der Waals surface area contributed by atoms with E-state index in [0.717, 1.165) is 5.56 Å². The van der Waals surface area contributed by atoms with E-state index < -0.39 is 23.6 Å². The van der Waals surface area contributed by atoms with Crippen LogP contribution in [-0.4, -0.2) is 68.4 Å². The first-order valence-corrected chi connectivity index (χ1v) is 17.2. The van der Waals surface area contributed by atoms with Crippen LogP contribution >= 0.6 is 11.6 Å². The lowest BCUT2D eigenvalue weighted by Crippen LogP contribution is -2.54. The largest absolute Gasteiger partial charge is 0.506 e. The number of carboxylic acid groups (broad SMARTS) is 1. The minimum atomic E-state index is -2.31. The predicted octanol–water partition coefficient (Wildman–Crippen LogP) is 3.49. The fourth-order valence-corrected chi connectivity index (χ4v) is 6.59. The summed E-state index contributed by atoms with van der Waals surface area (Å²) in [6.45, 7) is 0.186. The summed E-state index contributed by atoms with van der Waals surface area (Å²) in [5.41, 5.74) is -0.541. The summed E-state index contributed by atoms with van der Waals surface area (Å²) >= 11 is 6.46. The molecule has 1 saturated carbocycles. The number of aromatic amines is 1. The zero-order chi connectivity index (χ0) is 37.7. The fraction of sp³-hybridized carbons (Fsp3) is 0.231. The number of carbonyl (C=O) groups is 3. The van der Waals surface area contributed by atoms with Crippen LogP contribution in [0.5, 0.6) is 11.5 Å². The third-order valence-corrected chi connectivity index (χ3v) is 9.48. The van der Waals surface area contributed by atoms with Crippen molar-refractivity contribution in [2.45, 2.75) is 43.2 Å². The average Bonchev–Trinajstić information content (AvgIpc) is 3.13. The number of benzene rings is 4. The van der Waals surface area contributed by atoms with E-state index in [2.05, 4.69) is 20.9 Å². The van der Waals surface area contributed by atoms with Crippen molar-refractivity contribution in [3.63, 3.8) is 0 Å². The van der Waals surface area contributed by atoms with Gasteiger partial charge in [-0.05, 0) is 65.9 Å². The molecule has 4 aromatic carbocycles. The number of fused-ring (bicyclic) bond motifs is 1. The van der Waals surface area contributed by atoms with Crippen molar-refractivity contribution >= 4 is 40.3 Å². The van der Waals surface area contributed by atoms with Gasteiger partial charge in [-0.25, -0.2) is 4.79 Å². The average molecular weight is 741 g/mol. The van der Waals surface area contributed by atoms with Crippen LogP contribution in [0.15, 0.2) is 102 Å². The van der Waals surface area contributed by atoms with Gasteiger partial charge < -0.3 is 46.1 Å². The summed E-state index contributed by atoms with van der Waals surface area (Å²) in [4.78, 5) is 51.9. The number of aliphatic hydroxyl groups excluding tert-OH is 1. The van der Waals surface area contributed by atoms with Crippen molar-refractivity contribution < 1.29 is 39.5 Å². The Kier molecular flexibility index (Phi) is 11.1. The van der Waals surface area contributed by atoms with Gasteiger partial charge in [-0.15, -0.1) is 0 Å². The maximum Gasteiger partial charge on any atom is 0.345 e. The van der Waals surface area contributed by atoms with E-state index in [1.807, 2.05) is 0 Å². The van der Waals surface area contributed by atoms with Crippen molar-refractivity contribution in [2.75, 3.05) is 13.2 Å². The monoisotopic (exact) mass is 740 g/mol. The number of aromatic hydroxyl groups is 1. The number of hydrogen-bond donors (Lipinski definition) is 8. The van der Waals surface area contributed by atoms with Crippen LogP contribution in [0, 0.1) is 0 Å². The van der Waals surface area contributed by atoms with E-state index >= 15 is 0 Å². The van der Waals surface area contributed by atoms with Gasteiger partial charge in [0, 0.05) is 42.2 Å². The number of aliphatic carboxylic acids is 1. The molecule has 13 nitrogen and oxygen atoms in total. The Morgan fingerprint density at radius 1 is 0.906 bits per heavy atom. The topological polar surface area (TPSA) is 210 Å². The van der Waals surface area contributed by atoms with E-state index in [0.29, 0.717) is 35.9 Å². The molecule has 0 radical (unpaired) electrons. The summed E-state index contributed by atoms with van der Waals surface area (Å²) in [5.74, 6) is -2.07. The molecule has 2 atom stereocenters. The molecule has 1 aromatic heterocycles. The number of phenols is 1. The van der Waals surface area contributed by atoms with Crippen LogP contribution < -0.4 is 26.2 Å². The van der Waals surface area contributed by atoms with Gasteiger partial charge in [-0.3, -0.25) is 14.4 Å². The molecule has 53 heavy (non-hydrogen) atoms. The number of halogens is 1. The number of rotatable bonds is 14. The second kappa shape index (κ2) is 15.9. The molecule has 1 aliphatic carbocycles. The normalized spacial score (nSPS) is 16.9.